The van der Waals surface area contributed by atoms with Gasteiger partial charge in [-0.05, 0) is 38.6 Å². The quantitative estimate of drug-likeness (QED) is 0.512. The Labute approximate surface area is 108 Å². The van der Waals surface area contributed by atoms with Crippen molar-refractivity contribution in [1.82, 2.24) is 5.32 Å². The zero-order valence-electron chi connectivity index (χ0n) is 12.2. The summed E-state index contributed by atoms with van der Waals surface area (Å²) in [7, 11) is 0. The molecule has 0 bridgehead atoms. The van der Waals surface area contributed by atoms with E-state index in [0.29, 0.717) is 18.6 Å². The Morgan fingerprint density at radius 1 is 0.941 bits per heavy atom. The monoisotopic (exact) mass is 243 g/mol. The fraction of sp³-hybridized carbons (Fsp3) is 1.00. The highest BCUT2D eigenvalue weighted by molar-refractivity contribution is 4.61. The van der Waals surface area contributed by atoms with Crippen LogP contribution in [0, 0.1) is 5.92 Å². The summed E-state index contributed by atoms with van der Waals surface area (Å²) >= 11 is 0. The van der Waals surface area contributed by atoms with E-state index in [9.17, 15) is 0 Å². The van der Waals surface area contributed by atoms with E-state index in [-0.39, 0.29) is 0 Å². The molecule has 2 heteroatoms. The summed E-state index contributed by atoms with van der Waals surface area (Å²) in [5.41, 5.74) is 0. The summed E-state index contributed by atoms with van der Waals surface area (Å²) in [6.45, 7) is 8.08. The second-order valence-electron chi connectivity index (χ2n) is 5.49. The molecule has 0 spiro atoms. The third-order valence-electron chi connectivity index (χ3n) is 3.42. The van der Waals surface area contributed by atoms with Crippen LogP contribution in [-0.4, -0.2) is 24.3 Å². The van der Waals surface area contributed by atoms with E-state index in [4.69, 9.17) is 5.11 Å². The molecule has 0 rings (SSSR count). The van der Waals surface area contributed by atoms with Crippen molar-refractivity contribution in [2.24, 2.45) is 5.92 Å². The smallest absolute Gasteiger partial charge is 0.0456 e. The summed E-state index contributed by atoms with van der Waals surface area (Å²) in [6.07, 6.45) is 10.5. The molecule has 0 heterocycles. The second-order valence-corrected chi connectivity index (χ2v) is 5.49. The van der Waals surface area contributed by atoms with Crippen LogP contribution in [0.3, 0.4) is 0 Å². The van der Waals surface area contributed by atoms with Crippen LogP contribution in [0.1, 0.15) is 72.1 Å². The lowest BCUT2D eigenvalue weighted by atomic mass is 10.1. The molecule has 0 fully saturated rings. The van der Waals surface area contributed by atoms with Crippen molar-refractivity contribution < 1.29 is 5.11 Å². The Morgan fingerprint density at radius 2 is 1.65 bits per heavy atom. The first-order chi connectivity index (χ1) is 8.20. The van der Waals surface area contributed by atoms with Gasteiger partial charge in [0.1, 0.15) is 0 Å². The number of nitrogens with one attached hydrogen (secondary N) is 1. The average Bonchev–Trinajstić information content (AvgIpc) is 2.34. The third kappa shape index (κ3) is 12.2. The van der Waals surface area contributed by atoms with Crippen LogP contribution in [0.5, 0.6) is 0 Å². The van der Waals surface area contributed by atoms with Gasteiger partial charge in [-0.3, -0.25) is 0 Å². The van der Waals surface area contributed by atoms with Gasteiger partial charge in [-0.25, -0.2) is 0 Å². The highest BCUT2D eigenvalue weighted by Gasteiger charge is 2.02. The molecule has 0 aromatic heterocycles. The minimum atomic E-state index is 0.326. The summed E-state index contributed by atoms with van der Waals surface area (Å²) in [4.78, 5) is 0. The van der Waals surface area contributed by atoms with E-state index >= 15 is 0 Å². The largest absolute Gasteiger partial charge is 0.396 e. The van der Waals surface area contributed by atoms with Gasteiger partial charge in [0.15, 0.2) is 0 Å². The van der Waals surface area contributed by atoms with Gasteiger partial charge in [-0.15, -0.1) is 0 Å². The fourth-order valence-electron chi connectivity index (χ4n) is 2.05. The zero-order chi connectivity index (χ0) is 12.9. The Balaban J connectivity index is 3.20. The second kappa shape index (κ2) is 12.4. The number of rotatable bonds is 12. The number of aliphatic hydroxyl groups excluding tert-OH is 1. The Kier molecular flexibility index (Phi) is 12.3. The van der Waals surface area contributed by atoms with Crippen molar-refractivity contribution in [1.29, 1.82) is 0 Å². The predicted octanol–water partition coefficient (Wildman–Crippen LogP) is 3.73. The Morgan fingerprint density at radius 3 is 2.29 bits per heavy atom. The van der Waals surface area contributed by atoms with Gasteiger partial charge in [0.2, 0.25) is 0 Å². The maximum absolute atomic E-state index is 8.91. The molecular weight excluding hydrogens is 210 g/mol. The first-order valence-electron chi connectivity index (χ1n) is 7.55. The van der Waals surface area contributed by atoms with Crippen LogP contribution >= 0.6 is 0 Å². The van der Waals surface area contributed by atoms with Crippen molar-refractivity contribution in [3.05, 3.63) is 0 Å². The normalized spacial score (nSPS) is 14.8. The molecule has 2 N–H and O–H groups in total. The molecule has 0 aliphatic heterocycles. The SMILES string of the molecule is CCCCCCCC(C)NCCCC(C)CO. The summed E-state index contributed by atoms with van der Waals surface area (Å²) in [5, 5.41) is 12.5. The van der Waals surface area contributed by atoms with Crippen molar-refractivity contribution >= 4 is 0 Å². The van der Waals surface area contributed by atoms with E-state index < -0.39 is 0 Å². The van der Waals surface area contributed by atoms with Crippen LogP contribution in [0.2, 0.25) is 0 Å². The van der Waals surface area contributed by atoms with Gasteiger partial charge in [-0.1, -0.05) is 46.0 Å². The van der Waals surface area contributed by atoms with Gasteiger partial charge in [0.05, 0.1) is 0 Å². The molecular formula is C15H33NO. The minimum absolute atomic E-state index is 0.326. The summed E-state index contributed by atoms with van der Waals surface area (Å²) < 4.78 is 0. The number of unbranched alkanes of at least 4 members (excludes halogenated alkanes) is 4. The molecule has 0 radical (unpaired) electrons. The number of aliphatic hydroxyl groups is 1. The maximum atomic E-state index is 8.91. The van der Waals surface area contributed by atoms with E-state index in [0.717, 1.165) is 13.0 Å². The van der Waals surface area contributed by atoms with Crippen molar-refractivity contribution in [3.63, 3.8) is 0 Å². The van der Waals surface area contributed by atoms with E-state index in [1.54, 1.807) is 0 Å². The Bertz CT molecular complexity index is 150. The lowest BCUT2D eigenvalue weighted by Crippen LogP contribution is -2.27. The average molecular weight is 243 g/mol. The molecule has 104 valence electrons. The van der Waals surface area contributed by atoms with E-state index in [2.05, 4.69) is 26.1 Å². The van der Waals surface area contributed by atoms with Gasteiger partial charge in [0, 0.05) is 12.6 Å². The molecule has 0 aromatic rings. The fourth-order valence-corrected chi connectivity index (χ4v) is 2.05. The summed E-state index contributed by atoms with van der Waals surface area (Å²) in [5.74, 6) is 0.459. The van der Waals surface area contributed by atoms with Crippen molar-refractivity contribution in [3.8, 4) is 0 Å². The van der Waals surface area contributed by atoms with Crippen molar-refractivity contribution in [2.75, 3.05) is 13.2 Å². The maximum Gasteiger partial charge on any atom is 0.0456 e. The summed E-state index contributed by atoms with van der Waals surface area (Å²) in [6, 6.07) is 0.654. The molecule has 2 unspecified atom stereocenters. The highest BCUT2D eigenvalue weighted by atomic mass is 16.3. The van der Waals surface area contributed by atoms with Crippen LogP contribution in [-0.2, 0) is 0 Å². The molecule has 0 aliphatic carbocycles. The van der Waals surface area contributed by atoms with Gasteiger partial charge < -0.3 is 10.4 Å². The molecule has 2 nitrogen and oxygen atoms in total. The zero-order valence-corrected chi connectivity index (χ0v) is 12.2. The first-order valence-corrected chi connectivity index (χ1v) is 7.55. The Hall–Kier alpha value is -0.0800. The van der Waals surface area contributed by atoms with Gasteiger partial charge in [-0.2, -0.15) is 0 Å². The molecule has 0 amide bonds. The van der Waals surface area contributed by atoms with Crippen molar-refractivity contribution in [2.45, 2.75) is 78.2 Å². The predicted molar refractivity (Wildman–Crippen MR) is 76.3 cm³/mol. The third-order valence-corrected chi connectivity index (χ3v) is 3.42. The van der Waals surface area contributed by atoms with Crippen LogP contribution in [0.15, 0.2) is 0 Å². The van der Waals surface area contributed by atoms with Gasteiger partial charge >= 0.3 is 0 Å². The topological polar surface area (TPSA) is 32.3 Å². The molecule has 0 aromatic carbocycles. The standard InChI is InChI=1S/C15H33NO/c1-4-5-6-7-8-11-15(3)16-12-9-10-14(2)13-17/h14-17H,4-13H2,1-3H3. The van der Waals surface area contributed by atoms with E-state index in [1.165, 1.54) is 44.9 Å². The molecule has 0 saturated heterocycles. The minimum Gasteiger partial charge on any atom is -0.396 e. The first kappa shape index (κ1) is 16.9. The lowest BCUT2D eigenvalue weighted by molar-refractivity contribution is 0.227. The molecule has 0 saturated carbocycles. The number of hydrogen-bond acceptors (Lipinski definition) is 2. The molecule has 2 atom stereocenters. The van der Waals surface area contributed by atoms with Gasteiger partial charge in [0.25, 0.3) is 0 Å². The van der Waals surface area contributed by atoms with Crippen LogP contribution in [0.25, 0.3) is 0 Å². The molecule has 0 aliphatic rings. The number of hydrogen-bond donors (Lipinski definition) is 2. The van der Waals surface area contributed by atoms with E-state index in [1.807, 2.05) is 0 Å². The molecule has 17 heavy (non-hydrogen) atoms. The highest BCUT2D eigenvalue weighted by Crippen LogP contribution is 2.07. The van der Waals surface area contributed by atoms with Crippen LogP contribution < -0.4 is 5.32 Å². The van der Waals surface area contributed by atoms with Crippen LogP contribution in [0.4, 0.5) is 0 Å². The lowest BCUT2D eigenvalue weighted by Gasteiger charge is -2.14.